The lowest BCUT2D eigenvalue weighted by molar-refractivity contribution is 0.219. The Morgan fingerprint density at radius 3 is 2.46 bits per heavy atom. The predicted molar refractivity (Wildman–Crippen MR) is 57.1 cm³/mol. The van der Waals surface area contributed by atoms with Gasteiger partial charge in [-0.25, -0.2) is 0 Å². The monoisotopic (exact) mass is 262 g/mol. The summed E-state index contributed by atoms with van der Waals surface area (Å²) < 4.78 is 12.5. The van der Waals surface area contributed by atoms with Crippen molar-refractivity contribution < 1.29 is 9.32 Å². The zero-order valence-corrected chi connectivity index (χ0v) is 9.64. The van der Waals surface area contributed by atoms with Crippen molar-refractivity contribution in [1.82, 2.24) is 0 Å². The quantitative estimate of drug-likeness (QED) is 0.904. The molecule has 1 aromatic rings. The minimum Gasteiger partial charge on any atom is -0.392 e. The highest BCUT2D eigenvalue weighted by Gasteiger charge is 2.06. The summed E-state index contributed by atoms with van der Waals surface area (Å²) in [4.78, 5) is 0.754. The highest BCUT2D eigenvalue weighted by molar-refractivity contribution is 9.10. The third-order valence-corrected chi connectivity index (χ3v) is 3.58. The number of rotatable bonds is 3. The van der Waals surface area contributed by atoms with Crippen LogP contribution in [0.2, 0.25) is 0 Å². The summed E-state index contributed by atoms with van der Waals surface area (Å²) in [5.41, 5.74) is 0. The standard InChI is InChI=1S/C9H11BrO2S/c1-7(11)6-13(12)9-4-2-8(10)3-5-9/h2-5,7,11H,6H2,1H3/t7-,13?/m0/s1. The Bertz CT molecular complexity index is 295. The molecule has 1 N–H and O–H groups in total. The average molecular weight is 263 g/mol. The first-order valence-electron chi connectivity index (χ1n) is 3.91. The Kier molecular flexibility index (Phi) is 4.09. The lowest BCUT2D eigenvalue weighted by Crippen LogP contribution is -2.12. The van der Waals surface area contributed by atoms with Crippen LogP contribution in [0.4, 0.5) is 0 Å². The highest BCUT2D eigenvalue weighted by Crippen LogP contribution is 2.13. The zero-order valence-electron chi connectivity index (χ0n) is 7.24. The minimum absolute atomic E-state index is 0.293. The fourth-order valence-electron chi connectivity index (χ4n) is 0.902. The molecule has 0 saturated carbocycles. The Hall–Kier alpha value is -0.190. The van der Waals surface area contributed by atoms with E-state index in [1.165, 1.54) is 0 Å². The Labute approximate surface area is 88.6 Å². The van der Waals surface area contributed by atoms with Crippen LogP contribution in [0.5, 0.6) is 0 Å². The molecule has 0 aliphatic rings. The second-order valence-electron chi connectivity index (χ2n) is 2.82. The average Bonchev–Trinajstić information content (AvgIpc) is 2.04. The summed E-state index contributed by atoms with van der Waals surface area (Å²) in [6.45, 7) is 1.64. The van der Waals surface area contributed by atoms with Crippen LogP contribution in [0.1, 0.15) is 6.92 Å². The van der Waals surface area contributed by atoms with E-state index < -0.39 is 16.9 Å². The predicted octanol–water partition coefficient (Wildman–Crippen LogP) is 1.94. The summed E-state index contributed by atoms with van der Waals surface area (Å²) in [5.74, 6) is 0.293. The van der Waals surface area contributed by atoms with Crippen LogP contribution < -0.4 is 0 Å². The van der Waals surface area contributed by atoms with Gasteiger partial charge in [-0.05, 0) is 31.2 Å². The first-order valence-corrected chi connectivity index (χ1v) is 6.03. The van der Waals surface area contributed by atoms with Gasteiger partial charge >= 0.3 is 0 Å². The third kappa shape index (κ3) is 3.58. The summed E-state index contributed by atoms with van der Waals surface area (Å²) >= 11 is 3.30. The van der Waals surface area contributed by atoms with Crippen molar-refractivity contribution in [2.45, 2.75) is 17.9 Å². The third-order valence-electron chi connectivity index (χ3n) is 1.47. The van der Waals surface area contributed by atoms with Gasteiger partial charge in [-0.1, -0.05) is 15.9 Å². The maximum absolute atomic E-state index is 11.5. The van der Waals surface area contributed by atoms with E-state index in [0.717, 1.165) is 9.37 Å². The van der Waals surface area contributed by atoms with Crippen molar-refractivity contribution in [1.29, 1.82) is 0 Å². The van der Waals surface area contributed by atoms with Crippen LogP contribution in [0, 0.1) is 0 Å². The van der Waals surface area contributed by atoms with E-state index >= 15 is 0 Å². The number of halogens is 1. The fraction of sp³-hybridized carbons (Fsp3) is 0.333. The van der Waals surface area contributed by atoms with Gasteiger partial charge in [0.15, 0.2) is 0 Å². The molecule has 0 bridgehead atoms. The Balaban J connectivity index is 2.72. The number of hydrogen-bond acceptors (Lipinski definition) is 2. The molecule has 2 atom stereocenters. The van der Waals surface area contributed by atoms with Gasteiger partial charge in [-0.3, -0.25) is 4.21 Å². The molecule has 0 aliphatic heterocycles. The maximum atomic E-state index is 11.5. The molecule has 4 heteroatoms. The number of hydrogen-bond donors (Lipinski definition) is 1. The zero-order chi connectivity index (χ0) is 9.84. The molecule has 0 radical (unpaired) electrons. The van der Waals surface area contributed by atoms with Gasteiger partial charge in [0, 0.05) is 9.37 Å². The van der Waals surface area contributed by atoms with Crippen LogP contribution in [-0.2, 0) is 10.8 Å². The van der Waals surface area contributed by atoms with Crippen LogP contribution >= 0.6 is 15.9 Å². The molecule has 2 nitrogen and oxygen atoms in total. The summed E-state index contributed by atoms with van der Waals surface area (Å²) in [6, 6.07) is 7.27. The van der Waals surface area contributed by atoms with E-state index in [1.807, 2.05) is 12.1 Å². The molecule has 0 heterocycles. The first-order chi connectivity index (χ1) is 6.09. The topological polar surface area (TPSA) is 37.3 Å². The molecule has 1 rings (SSSR count). The molecule has 13 heavy (non-hydrogen) atoms. The maximum Gasteiger partial charge on any atom is 0.0630 e. The van der Waals surface area contributed by atoms with Crippen LogP contribution in [0.25, 0.3) is 0 Å². The number of benzene rings is 1. The van der Waals surface area contributed by atoms with Crippen LogP contribution in [-0.4, -0.2) is 21.2 Å². The summed E-state index contributed by atoms with van der Waals surface area (Å²) in [7, 11) is -1.09. The molecular weight excluding hydrogens is 252 g/mol. The Morgan fingerprint density at radius 1 is 1.46 bits per heavy atom. The van der Waals surface area contributed by atoms with E-state index in [-0.39, 0.29) is 0 Å². The molecule has 72 valence electrons. The number of aliphatic hydroxyl groups excluding tert-OH is 1. The van der Waals surface area contributed by atoms with Gasteiger partial charge in [0.25, 0.3) is 0 Å². The van der Waals surface area contributed by atoms with E-state index in [9.17, 15) is 4.21 Å². The summed E-state index contributed by atoms with van der Waals surface area (Å²) in [5, 5.41) is 9.04. The fourth-order valence-corrected chi connectivity index (χ4v) is 2.24. The van der Waals surface area contributed by atoms with Crippen LogP contribution in [0.3, 0.4) is 0 Å². The van der Waals surface area contributed by atoms with E-state index in [1.54, 1.807) is 19.1 Å². The Morgan fingerprint density at radius 2 is 2.00 bits per heavy atom. The largest absolute Gasteiger partial charge is 0.392 e. The van der Waals surface area contributed by atoms with Crippen molar-refractivity contribution in [3.05, 3.63) is 28.7 Å². The second kappa shape index (κ2) is 4.88. The molecule has 0 amide bonds. The molecule has 1 aromatic carbocycles. The smallest absolute Gasteiger partial charge is 0.0630 e. The van der Waals surface area contributed by atoms with Gasteiger partial charge in [0.1, 0.15) is 0 Å². The molecule has 0 spiro atoms. The van der Waals surface area contributed by atoms with Gasteiger partial charge in [-0.15, -0.1) is 0 Å². The van der Waals surface area contributed by atoms with E-state index in [2.05, 4.69) is 15.9 Å². The lowest BCUT2D eigenvalue weighted by Gasteiger charge is -2.04. The SMILES string of the molecule is C[C@H](O)CS(=O)c1ccc(Br)cc1. The molecule has 0 saturated heterocycles. The van der Waals surface area contributed by atoms with E-state index in [0.29, 0.717) is 5.75 Å². The van der Waals surface area contributed by atoms with Crippen molar-refractivity contribution in [2.75, 3.05) is 5.75 Å². The molecule has 0 aromatic heterocycles. The minimum atomic E-state index is -1.09. The number of aliphatic hydroxyl groups is 1. The second-order valence-corrected chi connectivity index (χ2v) is 5.23. The molecular formula is C9H11BrO2S. The molecule has 1 unspecified atom stereocenters. The van der Waals surface area contributed by atoms with Crippen molar-refractivity contribution in [3.8, 4) is 0 Å². The van der Waals surface area contributed by atoms with Crippen molar-refractivity contribution >= 4 is 26.7 Å². The first kappa shape index (κ1) is 10.9. The lowest BCUT2D eigenvalue weighted by atomic mass is 10.4. The highest BCUT2D eigenvalue weighted by atomic mass is 79.9. The van der Waals surface area contributed by atoms with Gasteiger partial charge < -0.3 is 5.11 Å². The van der Waals surface area contributed by atoms with Crippen molar-refractivity contribution in [2.24, 2.45) is 0 Å². The van der Waals surface area contributed by atoms with Gasteiger partial charge in [0.2, 0.25) is 0 Å². The van der Waals surface area contributed by atoms with Gasteiger partial charge in [-0.2, -0.15) is 0 Å². The van der Waals surface area contributed by atoms with Gasteiger partial charge in [0.05, 0.1) is 22.7 Å². The summed E-state index contributed by atoms with van der Waals surface area (Å²) in [6.07, 6.45) is -0.524. The normalized spacial score (nSPS) is 15.3. The molecule has 0 aliphatic carbocycles. The van der Waals surface area contributed by atoms with Crippen molar-refractivity contribution in [3.63, 3.8) is 0 Å². The van der Waals surface area contributed by atoms with Crippen LogP contribution in [0.15, 0.2) is 33.6 Å². The van der Waals surface area contributed by atoms with E-state index in [4.69, 9.17) is 5.11 Å². The molecule has 0 fully saturated rings.